The first-order valence-corrected chi connectivity index (χ1v) is 10.4. The van der Waals surface area contributed by atoms with E-state index in [9.17, 15) is 15.0 Å². The Morgan fingerprint density at radius 2 is 2.21 bits per heavy atom. The zero-order chi connectivity index (χ0) is 19.7. The van der Waals surface area contributed by atoms with Gasteiger partial charge in [0.15, 0.2) is 0 Å². The molecule has 1 aliphatic rings. The molecular formula is C20H25ClN4O3S. The van der Waals surface area contributed by atoms with Gasteiger partial charge in [-0.25, -0.2) is 9.97 Å². The highest BCUT2D eigenvalue weighted by molar-refractivity contribution is 7.07. The van der Waals surface area contributed by atoms with Crippen molar-refractivity contribution in [2.45, 2.75) is 51.0 Å². The summed E-state index contributed by atoms with van der Waals surface area (Å²) in [4.78, 5) is 21.8. The number of rotatable bonds is 5. The maximum Gasteiger partial charge on any atom is 0.261 e. The van der Waals surface area contributed by atoms with Crippen molar-refractivity contribution in [3.63, 3.8) is 0 Å². The topological polar surface area (TPSA) is 100 Å². The number of aliphatic hydroxyl groups is 2. The lowest BCUT2D eigenvalue weighted by Gasteiger charge is -2.30. The first kappa shape index (κ1) is 21.9. The standard InChI is InChI=1S/C20H24N4O3S.ClH/c1-12-5-13(17-9-28-11-23-17)6-15-19(12)22-10-24(20(15)27)8-14(25)7-16-18(26)3-2-4-21-16;/h5-6,9-11,14,16,18,21,25-26H,2-4,7-8H2,1H3;1H/t14-,16+,18-;/m0./s1. The van der Waals surface area contributed by atoms with Gasteiger partial charge in [0.2, 0.25) is 0 Å². The number of aromatic nitrogens is 3. The lowest BCUT2D eigenvalue weighted by Crippen LogP contribution is -2.47. The summed E-state index contributed by atoms with van der Waals surface area (Å²) in [5.74, 6) is 0. The number of piperidine rings is 1. The Bertz CT molecular complexity index is 1020. The van der Waals surface area contributed by atoms with Gasteiger partial charge in [0.25, 0.3) is 5.56 Å². The fraction of sp³-hybridized carbons (Fsp3) is 0.450. The maximum atomic E-state index is 13.0. The molecule has 1 aromatic carbocycles. The van der Waals surface area contributed by atoms with Gasteiger partial charge in [-0.3, -0.25) is 9.36 Å². The summed E-state index contributed by atoms with van der Waals surface area (Å²) in [6, 6.07) is 3.66. The summed E-state index contributed by atoms with van der Waals surface area (Å²) in [6.07, 6.45) is 2.35. The summed E-state index contributed by atoms with van der Waals surface area (Å²) >= 11 is 1.51. The highest BCUT2D eigenvalue weighted by Gasteiger charge is 2.25. The lowest BCUT2D eigenvalue weighted by molar-refractivity contribution is 0.0539. The molecule has 2 aromatic heterocycles. The maximum absolute atomic E-state index is 13.0. The molecule has 156 valence electrons. The Labute approximate surface area is 178 Å². The molecule has 1 aliphatic heterocycles. The second-order valence-corrected chi connectivity index (χ2v) is 8.14. The summed E-state index contributed by atoms with van der Waals surface area (Å²) < 4.78 is 1.45. The van der Waals surface area contributed by atoms with E-state index in [1.54, 1.807) is 5.51 Å². The molecule has 0 bridgehead atoms. The van der Waals surface area contributed by atoms with E-state index in [2.05, 4.69) is 15.3 Å². The van der Waals surface area contributed by atoms with Crippen LogP contribution in [0, 0.1) is 6.92 Å². The van der Waals surface area contributed by atoms with Crippen LogP contribution >= 0.6 is 23.7 Å². The van der Waals surface area contributed by atoms with E-state index in [0.717, 1.165) is 36.2 Å². The Kier molecular flexibility index (Phi) is 7.02. The van der Waals surface area contributed by atoms with E-state index < -0.39 is 12.2 Å². The van der Waals surface area contributed by atoms with E-state index in [0.29, 0.717) is 17.3 Å². The number of fused-ring (bicyclic) bond motifs is 1. The van der Waals surface area contributed by atoms with Crippen LogP contribution in [0.15, 0.2) is 34.1 Å². The summed E-state index contributed by atoms with van der Waals surface area (Å²) in [5, 5.41) is 26.3. The van der Waals surface area contributed by atoms with Crippen molar-refractivity contribution in [1.82, 2.24) is 19.9 Å². The molecule has 0 amide bonds. The van der Waals surface area contributed by atoms with Crippen LogP contribution in [-0.4, -0.2) is 49.5 Å². The van der Waals surface area contributed by atoms with Crippen molar-refractivity contribution in [1.29, 1.82) is 0 Å². The number of nitrogens with one attached hydrogen (secondary N) is 1. The minimum absolute atomic E-state index is 0. The second-order valence-electron chi connectivity index (χ2n) is 7.42. The first-order valence-electron chi connectivity index (χ1n) is 9.51. The predicted octanol–water partition coefficient (Wildman–Crippen LogP) is 2.11. The molecule has 7 nitrogen and oxygen atoms in total. The average molecular weight is 437 g/mol. The molecule has 0 aliphatic carbocycles. The van der Waals surface area contributed by atoms with Crippen LogP contribution in [0.4, 0.5) is 0 Å². The number of hydrogen-bond acceptors (Lipinski definition) is 7. The molecule has 3 heterocycles. The van der Waals surface area contributed by atoms with E-state index in [1.165, 1.54) is 22.2 Å². The number of aliphatic hydroxyl groups excluding tert-OH is 2. The van der Waals surface area contributed by atoms with Gasteiger partial charge in [-0.15, -0.1) is 23.7 Å². The minimum atomic E-state index is -0.745. The second kappa shape index (κ2) is 9.32. The van der Waals surface area contributed by atoms with Crippen molar-refractivity contribution in [3.05, 3.63) is 45.3 Å². The van der Waals surface area contributed by atoms with Gasteiger partial charge in [-0.05, 0) is 50.4 Å². The van der Waals surface area contributed by atoms with Gasteiger partial charge >= 0.3 is 0 Å². The Hall–Kier alpha value is -1.84. The van der Waals surface area contributed by atoms with Crippen molar-refractivity contribution >= 4 is 34.6 Å². The molecule has 9 heteroatoms. The van der Waals surface area contributed by atoms with E-state index in [1.807, 2.05) is 24.4 Å². The Morgan fingerprint density at radius 1 is 1.38 bits per heavy atom. The number of hydrogen-bond donors (Lipinski definition) is 3. The fourth-order valence-electron chi connectivity index (χ4n) is 3.85. The van der Waals surface area contributed by atoms with Crippen LogP contribution in [0.25, 0.3) is 22.2 Å². The third-order valence-corrected chi connectivity index (χ3v) is 5.91. The molecule has 3 atom stereocenters. The van der Waals surface area contributed by atoms with Gasteiger partial charge < -0.3 is 15.5 Å². The highest BCUT2D eigenvalue weighted by Crippen LogP contribution is 2.24. The fourth-order valence-corrected chi connectivity index (χ4v) is 4.41. The Balaban J connectivity index is 0.00000240. The number of aryl methyl sites for hydroxylation is 1. The number of benzene rings is 1. The van der Waals surface area contributed by atoms with Gasteiger partial charge in [-0.2, -0.15) is 0 Å². The van der Waals surface area contributed by atoms with Crippen LogP contribution in [0.2, 0.25) is 0 Å². The average Bonchev–Trinajstić information content (AvgIpc) is 3.21. The lowest BCUT2D eigenvalue weighted by atomic mass is 9.96. The van der Waals surface area contributed by atoms with Crippen LogP contribution < -0.4 is 10.9 Å². The van der Waals surface area contributed by atoms with Crippen LogP contribution in [0.3, 0.4) is 0 Å². The quantitative estimate of drug-likeness (QED) is 0.566. The molecule has 0 radical (unpaired) electrons. The van der Waals surface area contributed by atoms with Crippen molar-refractivity contribution < 1.29 is 10.2 Å². The first-order chi connectivity index (χ1) is 13.5. The van der Waals surface area contributed by atoms with Gasteiger partial charge in [0.1, 0.15) is 0 Å². The molecule has 29 heavy (non-hydrogen) atoms. The zero-order valence-electron chi connectivity index (χ0n) is 16.1. The number of thiazole rings is 1. The largest absolute Gasteiger partial charge is 0.392 e. The monoisotopic (exact) mass is 436 g/mol. The van der Waals surface area contributed by atoms with E-state index in [4.69, 9.17) is 0 Å². The highest BCUT2D eigenvalue weighted by atomic mass is 35.5. The summed E-state index contributed by atoms with van der Waals surface area (Å²) in [7, 11) is 0. The molecule has 4 rings (SSSR count). The molecule has 1 fully saturated rings. The van der Waals surface area contributed by atoms with Gasteiger partial charge in [0.05, 0.1) is 47.2 Å². The molecule has 0 spiro atoms. The summed E-state index contributed by atoms with van der Waals surface area (Å²) in [6.45, 7) is 2.91. The summed E-state index contributed by atoms with van der Waals surface area (Å²) in [5.41, 5.74) is 4.89. The predicted molar refractivity (Wildman–Crippen MR) is 117 cm³/mol. The molecular weight excluding hydrogens is 412 g/mol. The SMILES string of the molecule is Cc1cc(-c2cscn2)cc2c(=O)n(C[C@@H](O)C[C@H]3NCCC[C@@H]3O)cnc12.Cl. The van der Waals surface area contributed by atoms with Crippen LogP contribution in [0.5, 0.6) is 0 Å². The number of halogens is 1. The third kappa shape index (κ3) is 4.67. The molecule has 0 saturated carbocycles. The normalized spacial score (nSPS) is 20.4. The third-order valence-electron chi connectivity index (χ3n) is 5.33. The van der Waals surface area contributed by atoms with Crippen molar-refractivity contribution in [2.75, 3.05) is 6.54 Å². The molecule has 0 unspecified atom stereocenters. The van der Waals surface area contributed by atoms with E-state index >= 15 is 0 Å². The van der Waals surface area contributed by atoms with Crippen LogP contribution in [0.1, 0.15) is 24.8 Å². The van der Waals surface area contributed by atoms with Gasteiger partial charge in [-0.1, -0.05) is 0 Å². The molecule has 3 N–H and O–H groups in total. The zero-order valence-corrected chi connectivity index (χ0v) is 17.7. The molecule has 3 aromatic rings. The van der Waals surface area contributed by atoms with Gasteiger partial charge in [0, 0.05) is 17.0 Å². The van der Waals surface area contributed by atoms with Crippen molar-refractivity contribution in [3.8, 4) is 11.3 Å². The number of nitrogens with zero attached hydrogens (tertiary/aromatic N) is 3. The minimum Gasteiger partial charge on any atom is -0.392 e. The van der Waals surface area contributed by atoms with Crippen LogP contribution in [-0.2, 0) is 6.54 Å². The smallest absolute Gasteiger partial charge is 0.261 e. The Morgan fingerprint density at radius 3 is 2.93 bits per heavy atom. The van der Waals surface area contributed by atoms with E-state index in [-0.39, 0.29) is 30.6 Å². The van der Waals surface area contributed by atoms with Crippen molar-refractivity contribution in [2.24, 2.45) is 0 Å². The molecule has 1 saturated heterocycles.